The van der Waals surface area contributed by atoms with Crippen LogP contribution in [0.3, 0.4) is 0 Å². The summed E-state index contributed by atoms with van der Waals surface area (Å²) in [5.74, 6) is 0.248. The van der Waals surface area contributed by atoms with Gasteiger partial charge < -0.3 is 20.5 Å². The Morgan fingerprint density at radius 3 is 2.48 bits per heavy atom. The molecule has 1 aliphatic rings. The number of anilines is 1. The summed E-state index contributed by atoms with van der Waals surface area (Å²) in [6.45, 7) is 3.60. The van der Waals surface area contributed by atoms with Gasteiger partial charge in [0, 0.05) is 31.5 Å². The van der Waals surface area contributed by atoms with Crippen LogP contribution in [-0.2, 0) is 21.4 Å². The largest absolute Gasteiger partial charge is 0.351 e. The normalized spacial score (nSPS) is 15.6. The summed E-state index contributed by atoms with van der Waals surface area (Å²) in [4.78, 5) is 25.9. The van der Waals surface area contributed by atoms with Gasteiger partial charge in [-0.2, -0.15) is 9.98 Å². The molecule has 1 aromatic carbocycles. The molecule has 33 heavy (non-hydrogen) atoms. The van der Waals surface area contributed by atoms with Gasteiger partial charge in [-0.15, -0.1) is 0 Å². The highest BCUT2D eigenvalue weighted by Crippen LogP contribution is 2.19. The van der Waals surface area contributed by atoms with Crippen LogP contribution in [0.15, 0.2) is 47.5 Å². The van der Waals surface area contributed by atoms with Crippen molar-refractivity contribution < 1.29 is 18.0 Å². The lowest BCUT2D eigenvalue weighted by Gasteiger charge is -2.33. The first-order valence-electron chi connectivity index (χ1n) is 10.7. The number of piperidine rings is 1. The number of nitrogens with one attached hydrogen (secondary N) is 2. The molecular weight excluding hydrogens is 444 g/mol. The van der Waals surface area contributed by atoms with Gasteiger partial charge in [0.1, 0.15) is 17.8 Å². The molecule has 4 N–H and O–H groups in total. The van der Waals surface area contributed by atoms with Gasteiger partial charge in [-0.05, 0) is 61.6 Å². The Bertz CT molecular complexity index is 1130. The van der Waals surface area contributed by atoms with Crippen molar-refractivity contribution in [3.05, 3.63) is 48.3 Å². The third-order valence-electron chi connectivity index (χ3n) is 5.73. The number of nitrogens with zero attached hydrogens (tertiary/aromatic N) is 3. The van der Waals surface area contributed by atoms with Crippen LogP contribution in [0, 0.1) is 17.2 Å². The van der Waals surface area contributed by atoms with Gasteiger partial charge in [-0.1, -0.05) is 6.92 Å². The highest BCUT2D eigenvalue weighted by molar-refractivity contribution is 7.89. The van der Waals surface area contributed by atoms with Gasteiger partial charge in [-0.3, -0.25) is 4.79 Å². The number of aryl methyl sites for hydroxylation is 1. The van der Waals surface area contributed by atoms with E-state index in [-0.39, 0.29) is 17.2 Å². The zero-order valence-corrected chi connectivity index (χ0v) is 19.2. The third-order valence-corrected chi connectivity index (χ3v) is 7.21. The fourth-order valence-corrected chi connectivity index (χ4v) is 5.00. The maximum atomic E-state index is 13.3. The van der Waals surface area contributed by atoms with E-state index in [9.17, 15) is 23.3 Å². The van der Waals surface area contributed by atoms with E-state index in [1.54, 1.807) is 27.8 Å². The SMILES string of the molecule is CC1CCN(C(=O)C(CCn2cccc2C#N)NS(=O)(=O)c2ccc(NC(N)=O)cc2)CC1. The molecule has 0 aliphatic carbocycles. The molecule has 0 bridgehead atoms. The molecule has 3 amide bonds. The van der Waals surface area contributed by atoms with E-state index in [4.69, 9.17) is 5.73 Å². The van der Waals surface area contributed by atoms with Crippen molar-refractivity contribution in [2.24, 2.45) is 11.7 Å². The molecule has 1 atom stereocenters. The summed E-state index contributed by atoms with van der Waals surface area (Å²) < 4.78 is 30.3. The lowest BCUT2D eigenvalue weighted by atomic mass is 9.98. The number of nitrogens with two attached hydrogens (primary N) is 1. The van der Waals surface area contributed by atoms with E-state index < -0.39 is 22.1 Å². The van der Waals surface area contributed by atoms with Crippen molar-refractivity contribution in [1.82, 2.24) is 14.2 Å². The van der Waals surface area contributed by atoms with E-state index >= 15 is 0 Å². The Morgan fingerprint density at radius 1 is 1.21 bits per heavy atom. The van der Waals surface area contributed by atoms with Crippen LogP contribution in [0.5, 0.6) is 0 Å². The lowest BCUT2D eigenvalue weighted by Crippen LogP contribution is -2.50. The number of rotatable bonds is 8. The summed E-state index contributed by atoms with van der Waals surface area (Å²) in [6.07, 6.45) is 3.65. The first-order valence-corrected chi connectivity index (χ1v) is 12.2. The second-order valence-corrected chi connectivity index (χ2v) is 9.90. The minimum atomic E-state index is -4.02. The van der Waals surface area contributed by atoms with Crippen molar-refractivity contribution >= 4 is 27.6 Å². The molecule has 1 aliphatic heterocycles. The number of hydrogen-bond donors (Lipinski definition) is 3. The molecule has 0 saturated carbocycles. The van der Waals surface area contributed by atoms with Crippen molar-refractivity contribution in [3.8, 4) is 6.07 Å². The monoisotopic (exact) mass is 472 g/mol. The van der Waals surface area contributed by atoms with Gasteiger partial charge in [0.15, 0.2) is 0 Å². The molecular formula is C22H28N6O4S. The molecule has 0 spiro atoms. The fourth-order valence-electron chi connectivity index (χ4n) is 3.78. The number of nitriles is 1. The van der Waals surface area contributed by atoms with Crippen molar-refractivity contribution in [2.45, 2.75) is 43.7 Å². The van der Waals surface area contributed by atoms with Crippen LogP contribution in [0.4, 0.5) is 10.5 Å². The highest BCUT2D eigenvalue weighted by Gasteiger charge is 2.31. The molecule has 176 valence electrons. The second-order valence-electron chi connectivity index (χ2n) is 8.18. The van der Waals surface area contributed by atoms with Crippen molar-refractivity contribution in [1.29, 1.82) is 5.26 Å². The second kappa shape index (κ2) is 10.5. The first-order chi connectivity index (χ1) is 15.7. The Labute approximate surface area is 193 Å². The average molecular weight is 473 g/mol. The van der Waals surface area contributed by atoms with Crippen molar-refractivity contribution in [2.75, 3.05) is 18.4 Å². The molecule has 1 unspecified atom stereocenters. The lowest BCUT2D eigenvalue weighted by molar-refractivity contribution is -0.134. The van der Waals surface area contributed by atoms with E-state index in [0.717, 1.165) is 12.8 Å². The molecule has 10 nitrogen and oxygen atoms in total. The zero-order valence-electron chi connectivity index (χ0n) is 18.4. The van der Waals surface area contributed by atoms with Gasteiger partial charge in [0.25, 0.3) is 0 Å². The number of benzene rings is 1. The molecule has 2 aromatic rings. The average Bonchev–Trinajstić information content (AvgIpc) is 3.24. The summed E-state index contributed by atoms with van der Waals surface area (Å²) in [5, 5.41) is 11.6. The maximum absolute atomic E-state index is 13.3. The van der Waals surface area contributed by atoms with Crippen LogP contribution >= 0.6 is 0 Å². The van der Waals surface area contributed by atoms with Crippen molar-refractivity contribution in [3.63, 3.8) is 0 Å². The number of carbonyl (C=O) groups excluding carboxylic acids is 2. The Kier molecular flexibility index (Phi) is 7.73. The van der Waals surface area contributed by atoms with Gasteiger partial charge in [-0.25, -0.2) is 13.2 Å². The number of hydrogen-bond acceptors (Lipinski definition) is 5. The number of sulfonamides is 1. The number of carbonyl (C=O) groups is 2. The molecule has 1 saturated heterocycles. The maximum Gasteiger partial charge on any atom is 0.316 e. The number of likely N-dealkylation sites (tertiary alicyclic amines) is 1. The minimum absolute atomic E-state index is 0.0405. The number of amides is 3. The molecule has 2 heterocycles. The minimum Gasteiger partial charge on any atom is -0.351 e. The number of urea groups is 1. The van der Waals surface area contributed by atoms with Crippen LogP contribution in [0.1, 0.15) is 31.9 Å². The standard InChI is InChI=1S/C22H28N6O4S/c1-16-8-12-28(13-9-16)21(29)20(10-14-27-11-2-3-18(27)15-23)26-33(31,32)19-6-4-17(5-7-19)25-22(24)30/h2-7,11,16,20,26H,8-10,12-14H2,1H3,(H3,24,25,30). The van der Waals surface area contributed by atoms with Gasteiger partial charge >= 0.3 is 6.03 Å². The number of primary amides is 1. The summed E-state index contributed by atoms with van der Waals surface area (Å²) in [7, 11) is -4.02. The molecule has 11 heteroatoms. The quantitative estimate of drug-likeness (QED) is 0.536. The van der Waals surface area contributed by atoms with Crippen LogP contribution in [0.25, 0.3) is 0 Å². The Morgan fingerprint density at radius 2 is 1.88 bits per heavy atom. The third kappa shape index (κ3) is 6.34. The smallest absolute Gasteiger partial charge is 0.316 e. The predicted octanol–water partition coefficient (Wildman–Crippen LogP) is 1.85. The molecule has 1 aromatic heterocycles. The van der Waals surface area contributed by atoms with Crippen LogP contribution in [-0.4, -0.2) is 49.0 Å². The topological polar surface area (TPSA) is 150 Å². The molecule has 3 rings (SSSR count). The van der Waals surface area contributed by atoms with Gasteiger partial charge in [0.05, 0.1) is 4.90 Å². The van der Waals surface area contributed by atoms with E-state index in [1.807, 2.05) is 0 Å². The Hall–Kier alpha value is -3.36. The first kappa shape index (κ1) is 24.3. The van der Waals surface area contributed by atoms with Crippen LogP contribution in [0.2, 0.25) is 0 Å². The number of aromatic nitrogens is 1. The van der Waals surface area contributed by atoms with Crippen LogP contribution < -0.4 is 15.8 Å². The van der Waals surface area contributed by atoms with E-state index in [0.29, 0.717) is 36.9 Å². The van der Waals surface area contributed by atoms with E-state index in [2.05, 4.69) is 23.0 Å². The van der Waals surface area contributed by atoms with Gasteiger partial charge in [0.2, 0.25) is 15.9 Å². The van der Waals surface area contributed by atoms with E-state index in [1.165, 1.54) is 24.3 Å². The summed E-state index contributed by atoms with van der Waals surface area (Å²) in [5.41, 5.74) is 5.87. The summed E-state index contributed by atoms with van der Waals surface area (Å²) >= 11 is 0. The predicted molar refractivity (Wildman–Crippen MR) is 122 cm³/mol. The fraction of sp³-hybridized carbons (Fsp3) is 0.409. The molecule has 0 radical (unpaired) electrons. The summed E-state index contributed by atoms with van der Waals surface area (Å²) in [6, 6.07) is 9.23. The highest BCUT2D eigenvalue weighted by atomic mass is 32.2. The Balaban J connectivity index is 1.79. The molecule has 1 fully saturated rings. The zero-order chi connectivity index (χ0) is 24.0.